The van der Waals surface area contributed by atoms with Crippen molar-refractivity contribution in [3.05, 3.63) is 41.0 Å². The quantitative estimate of drug-likeness (QED) is 0.663. The molecule has 1 aromatic heterocycles. The summed E-state index contributed by atoms with van der Waals surface area (Å²) in [6, 6.07) is 7.93. The maximum atomic E-state index is 12.8. The zero-order valence-corrected chi connectivity index (χ0v) is 19.8. The van der Waals surface area contributed by atoms with Crippen molar-refractivity contribution in [2.45, 2.75) is 31.6 Å². The molecule has 1 amide bonds. The van der Waals surface area contributed by atoms with Crippen LogP contribution < -0.4 is 9.62 Å². The fraction of sp³-hybridized carbons (Fsp3) is 0.545. The summed E-state index contributed by atoms with van der Waals surface area (Å²) in [7, 11) is 0. The van der Waals surface area contributed by atoms with E-state index in [2.05, 4.69) is 25.7 Å². The number of para-hydroxylation sites is 1. The smallest absolute Gasteiger partial charge is 0.344 e. The number of aromatic nitrogens is 2. The maximum Gasteiger partial charge on any atom is 0.344 e. The van der Waals surface area contributed by atoms with Gasteiger partial charge >= 0.3 is 6.03 Å². The van der Waals surface area contributed by atoms with Gasteiger partial charge in [-0.2, -0.15) is 4.68 Å². The van der Waals surface area contributed by atoms with E-state index >= 15 is 0 Å². The van der Waals surface area contributed by atoms with Gasteiger partial charge in [0, 0.05) is 64.3 Å². The molecule has 172 valence electrons. The standard InChI is InChI=1S/C22H29ClN6O2S/c1-32-25-20-7-8-29(24-20)22(30)27-11-9-26(10-12-27)13-16-3-2-4-19(23)21(16)28-14-17-5-6-18(15-28)31-17/h2-4,7-8,17-18H,5-6,9-15H2,1H3,(H,24,25). The van der Waals surface area contributed by atoms with Crippen molar-refractivity contribution in [3.63, 3.8) is 0 Å². The molecule has 0 radical (unpaired) electrons. The minimum absolute atomic E-state index is 0.0777. The molecule has 4 heterocycles. The van der Waals surface area contributed by atoms with Crippen LogP contribution in [0.25, 0.3) is 0 Å². The van der Waals surface area contributed by atoms with Crippen molar-refractivity contribution >= 4 is 41.1 Å². The Morgan fingerprint density at radius 3 is 2.66 bits per heavy atom. The van der Waals surface area contributed by atoms with Gasteiger partial charge in [-0.1, -0.05) is 35.7 Å². The van der Waals surface area contributed by atoms with E-state index in [0.717, 1.165) is 56.3 Å². The molecule has 2 unspecified atom stereocenters. The van der Waals surface area contributed by atoms with Gasteiger partial charge in [0.2, 0.25) is 0 Å². The second-order valence-electron chi connectivity index (χ2n) is 8.61. The number of piperazine rings is 1. The van der Waals surface area contributed by atoms with E-state index in [0.29, 0.717) is 31.1 Å². The number of ether oxygens (including phenoxy) is 1. The van der Waals surface area contributed by atoms with Gasteiger partial charge in [-0.3, -0.25) is 4.90 Å². The number of benzene rings is 1. The molecule has 1 aromatic carbocycles. The van der Waals surface area contributed by atoms with E-state index in [1.54, 1.807) is 6.20 Å². The summed E-state index contributed by atoms with van der Waals surface area (Å²) in [5.74, 6) is 0.689. The number of amides is 1. The number of nitrogens with zero attached hydrogens (tertiary/aromatic N) is 5. The number of rotatable bonds is 5. The van der Waals surface area contributed by atoms with Crippen LogP contribution in [-0.4, -0.2) is 83.3 Å². The zero-order valence-electron chi connectivity index (χ0n) is 18.2. The lowest BCUT2D eigenvalue weighted by atomic mass is 10.1. The highest BCUT2D eigenvalue weighted by Gasteiger charge is 2.35. The lowest BCUT2D eigenvalue weighted by molar-refractivity contribution is 0.0304. The second kappa shape index (κ2) is 9.51. The van der Waals surface area contributed by atoms with Crippen LogP contribution in [-0.2, 0) is 11.3 Å². The van der Waals surface area contributed by atoms with Crippen molar-refractivity contribution in [2.75, 3.05) is 55.1 Å². The highest BCUT2D eigenvalue weighted by atomic mass is 35.5. The molecule has 5 rings (SSSR count). The zero-order chi connectivity index (χ0) is 22.1. The Kier molecular flexibility index (Phi) is 6.50. The number of nitrogens with one attached hydrogen (secondary N) is 1. The van der Waals surface area contributed by atoms with Crippen LogP contribution in [0.4, 0.5) is 16.3 Å². The van der Waals surface area contributed by atoms with Crippen molar-refractivity contribution < 1.29 is 9.53 Å². The number of carbonyl (C=O) groups is 1. The molecule has 2 atom stereocenters. The van der Waals surface area contributed by atoms with Gasteiger partial charge in [0.1, 0.15) is 0 Å². The molecule has 1 N–H and O–H groups in total. The molecule has 0 saturated carbocycles. The summed E-state index contributed by atoms with van der Waals surface area (Å²) < 4.78 is 10.5. The Labute approximate surface area is 197 Å². The van der Waals surface area contributed by atoms with Gasteiger partial charge in [0.25, 0.3) is 0 Å². The Morgan fingerprint density at radius 1 is 1.19 bits per heavy atom. The van der Waals surface area contributed by atoms with Crippen LogP contribution in [0, 0.1) is 0 Å². The van der Waals surface area contributed by atoms with E-state index < -0.39 is 0 Å². The van der Waals surface area contributed by atoms with Crippen LogP contribution in [0.3, 0.4) is 0 Å². The number of hydrogen-bond acceptors (Lipinski definition) is 7. The lowest BCUT2D eigenvalue weighted by Gasteiger charge is -2.38. The van der Waals surface area contributed by atoms with Gasteiger partial charge in [0.05, 0.1) is 22.9 Å². The first-order valence-corrected chi connectivity index (χ1v) is 12.7. The molecular weight excluding hydrogens is 448 g/mol. The average Bonchev–Trinajstić information content (AvgIpc) is 3.40. The highest BCUT2D eigenvalue weighted by molar-refractivity contribution is 7.99. The van der Waals surface area contributed by atoms with Gasteiger partial charge < -0.3 is 19.3 Å². The summed E-state index contributed by atoms with van der Waals surface area (Å²) in [6.45, 7) is 5.66. The fourth-order valence-corrected chi connectivity index (χ4v) is 5.54. The van der Waals surface area contributed by atoms with E-state index in [-0.39, 0.29) is 6.03 Å². The molecule has 2 aromatic rings. The van der Waals surface area contributed by atoms with Gasteiger partial charge in [-0.05, 0) is 24.5 Å². The summed E-state index contributed by atoms with van der Waals surface area (Å²) in [5.41, 5.74) is 2.40. The molecular formula is C22H29ClN6O2S. The Bertz CT molecular complexity index is 952. The minimum Gasteiger partial charge on any atom is -0.371 e. The summed E-state index contributed by atoms with van der Waals surface area (Å²) in [4.78, 5) is 19.5. The third-order valence-electron chi connectivity index (χ3n) is 6.46. The number of fused-ring (bicyclic) bond motifs is 2. The SMILES string of the molecule is CSNc1ccn(C(=O)N2CCN(Cc3cccc(Cl)c3N3CC4CCC(C3)O4)CC2)n1. The molecule has 0 spiro atoms. The van der Waals surface area contributed by atoms with E-state index in [1.165, 1.54) is 22.2 Å². The number of carbonyl (C=O) groups excluding carboxylic acids is 1. The van der Waals surface area contributed by atoms with Crippen molar-refractivity contribution in [2.24, 2.45) is 0 Å². The predicted octanol–water partition coefficient (Wildman–Crippen LogP) is 3.38. The van der Waals surface area contributed by atoms with Crippen molar-refractivity contribution in [1.82, 2.24) is 19.6 Å². The van der Waals surface area contributed by atoms with Gasteiger partial charge in [-0.25, -0.2) is 4.79 Å². The Balaban J connectivity index is 1.22. The lowest BCUT2D eigenvalue weighted by Crippen LogP contribution is -2.49. The maximum absolute atomic E-state index is 12.8. The van der Waals surface area contributed by atoms with Crippen molar-refractivity contribution in [1.29, 1.82) is 0 Å². The highest BCUT2D eigenvalue weighted by Crippen LogP contribution is 2.36. The second-order valence-corrected chi connectivity index (χ2v) is 9.63. The number of anilines is 2. The van der Waals surface area contributed by atoms with Crippen LogP contribution in [0.5, 0.6) is 0 Å². The first-order chi connectivity index (χ1) is 15.6. The first kappa shape index (κ1) is 21.9. The van der Waals surface area contributed by atoms with Crippen LogP contribution in [0.15, 0.2) is 30.5 Å². The summed E-state index contributed by atoms with van der Waals surface area (Å²) in [5, 5.41) is 5.11. The number of halogens is 1. The number of morpholine rings is 1. The number of hydrogen-bond donors (Lipinski definition) is 1. The molecule has 8 nitrogen and oxygen atoms in total. The summed E-state index contributed by atoms with van der Waals surface area (Å²) in [6.07, 6.45) is 6.56. The van der Waals surface area contributed by atoms with E-state index in [1.807, 2.05) is 29.4 Å². The van der Waals surface area contributed by atoms with Crippen molar-refractivity contribution in [3.8, 4) is 0 Å². The average molecular weight is 477 g/mol. The first-order valence-electron chi connectivity index (χ1n) is 11.1. The van der Waals surface area contributed by atoms with Crippen LogP contribution in [0.2, 0.25) is 5.02 Å². The third kappa shape index (κ3) is 4.57. The van der Waals surface area contributed by atoms with Gasteiger partial charge in [0.15, 0.2) is 5.82 Å². The molecule has 10 heteroatoms. The topological polar surface area (TPSA) is 65.9 Å². The molecule has 3 saturated heterocycles. The van der Waals surface area contributed by atoms with Gasteiger partial charge in [-0.15, -0.1) is 5.10 Å². The molecule has 3 aliphatic rings. The summed E-state index contributed by atoms with van der Waals surface area (Å²) >= 11 is 8.14. The molecule has 0 aliphatic carbocycles. The molecule has 32 heavy (non-hydrogen) atoms. The minimum atomic E-state index is -0.0777. The monoisotopic (exact) mass is 476 g/mol. The largest absolute Gasteiger partial charge is 0.371 e. The Morgan fingerprint density at radius 2 is 1.94 bits per heavy atom. The van der Waals surface area contributed by atoms with Crippen LogP contribution in [0.1, 0.15) is 18.4 Å². The van der Waals surface area contributed by atoms with E-state index in [9.17, 15) is 4.79 Å². The Hall–Kier alpha value is -1.94. The molecule has 3 fully saturated rings. The third-order valence-corrected chi connectivity index (χ3v) is 7.18. The van der Waals surface area contributed by atoms with E-state index in [4.69, 9.17) is 16.3 Å². The molecule has 3 aliphatic heterocycles. The van der Waals surface area contributed by atoms with Crippen LogP contribution >= 0.6 is 23.5 Å². The normalized spacial score (nSPS) is 23.6. The predicted molar refractivity (Wildman–Crippen MR) is 129 cm³/mol. The molecule has 2 bridgehead atoms. The fourth-order valence-electron chi connectivity index (χ4n) is 4.91.